The Bertz CT molecular complexity index is 1340. The Kier molecular flexibility index (Phi) is 7.10. The van der Waals surface area contributed by atoms with Crippen molar-refractivity contribution in [2.75, 3.05) is 0 Å². The van der Waals surface area contributed by atoms with Gasteiger partial charge in [0.25, 0.3) is 0 Å². The Labute approximate surface area is 204 Å². The minimum absolute atomic E-state index is 0.0136. The lowest BCUT2D eigenvalue weighted by atomic mass is 9.91. The second kappa shape index (κ2) is 10.2. The summed E-state index contributed by atoms with van der Waals surface area (Å²) in [6, 6.07) is 16.0. The van der Waals surface area contributed by atoms with Gasteiger partial charge in [-0.1, -0.05) is 87.8 Å². The van der Waals surface area contributed by atoms with Gasteiger partial charge in [-0.15, -0.1) is 0 Å². The average molecular weight is 474 g/mol. The van der Waals surface area contributed by atoms with E-state index in [0.717, 1.165) is 35.1 Å². The molecule has 0 saturated heterocycles. The summed E-state index contributed by atoms with van der Waals surface area (Å²) in [5.41, 5.74) is 3.10. The van der Waals surface area contributed by atoms with Crippen molar-refractivity contribution < 1.29 is 9.32 Å². The fourth-order valence-corrected chi connectivity index (χ4v) is 3.83. The van der Waals surface area contributed by atoms with E-state index in [1.807, 2.05) is 69.3 Å². The summed E-state index contributed by atoms with van der Waals surface area (Å²) < 4.78 is 7.92. The summed E-state index contributed by atoms with van der Waals surface area (Å²) in [5.74, 6) is 1.23. The molecule has 0 amide bonds. The predicted molar refractivity (Wildman–Crippen MR) is 134 cm³/mol. The second-order valence-electron chi connectivity index (χ2n) is 9.72. The van der Waals surface area contributed by atoms with E-state index in [0.29, 0.717) is 24.6 Å². The number of aromatic nitrogens is 5. The number of hydrogen-bond donors (Lipinski definition) is 0. The van der Waals surface area contributed by atoms with Gasteiger partial charge < -0.3 is 4.52 Å². The zero-order chi connectivity index (χ0) is 25.0. The van der Waals surface area contributed by atoms with Crippen molar-refractivity contribution >= 4 is 5.78 Å². The quantitative estimate of drug-likeness (QED) is 0.348. The zero-order valence-corrected chi connectivity index (χ0v) is 20.7. The van der Waals surface area contributed by atoms with Gasteiger partial charge in [-0.3, -0.25) is 9.36 Å². The molecule has 0 saturated carbocycles. The maximum atomic E-state index is 13.2. The van der Waals surface area contributed by atoms with Gasteiger partial charge in [0.1, 0.15) is 12.4 Å². The highest BCUT2D eigenvalue weighted by Crippen LogP contribution is 2.30. The normalized spacial score (nSPS) is 11.7. The summed E-state index contributed by atoms with van der Waals surface area (Å²) in [6.45, 7) is 8.05. The summed E-state index contributed by atoms with van der Waals surface area (Å²) in [4.78, 5) is 29.9. The van der Waals surface area contributed by atoms with Crippen molar-refractivity contribution in [3.63, 3.8) is 0 Å². The molecule has 0 N–H and O–H groups in total. The first kappa shape index (κ1) is 24.3. The lowest BCUT2D eigenvalue weighted by molar-refractivity contribution is -0.127. The number of Topliss-reactive ketones (excluding diaryl/α,β-unsaturated/α-hetero) is 1. The molecule has 0 unspecified atom stereocenters. The van der Waals surface area contributed by atoms with Gasteiger partial charge in [0.15, 0.2) is 5.78 Å². The van der Waals surface area contributed by atoms with Crippen molar-refractivity contribution in [1.82, 2.24) is 24.5 Å². The van der Waals surface area contributed by atoms with Crippen LogP contribution < -0.4 is 5.69 Å². The molecule has 4 rings (SSSR count). The largest absolute Gasteiger partial charge is 0.346 e. The molecule has 182 valence electrons. The lowest BCUT2D eigenvalue weighted by Crippen LogP contribution is -2.32. The van der Waals surface area contributed by atoms with Crippen molar-refractivity contribution in [2.45, 2.75) is 60.0 Å². The van der Waals surface area contributed by atoms with Crippen molar-refractivity contribution in [3.05, 3.63) is 76.8 Å². The van der Waals surface area contributed by atoms with Gasteiger partial charge in [-0.25, -0.2) is 9.48 Å². The topological polar surface area (TPSA) is 95.8 Å². The molecule has 8 heteroatoms. The molecule has 0 spiro atoms. The number of rotatable bonds is 9. The molecule has 4 aromatic rings. The van der Waals surface area contributed by atoms with Gasteiger partial charge >= 0.3 is 5.69 Å². The molecular weight excluding hydrogens is 442 g/mol. The fourth-order valence-electron chi connectivity index (χ4n) is 3.83. The molecule has 35 heavy (non-hydrogen) atoms. The monoisotopic (exact) mass is 473 g/mol. The molecule has 0 aliphatic carbocycles. The number of carbonyl (C=O) groups excluding carboxylic acids is 1. The first-order valence-corrected chi connectivity index (χ1v) is 11.9. The smallest absolute Gasteiger partial charge is 0.342 e. The molecule has 2 aromatic heterocycles. The Balaban J connectivity index is 1.61. The molecule has 0 radical (unpaired) electrons. The first-order chi connectivity index (χ1) is 16.8. The predicted octanol–water partition coefficient (Wildman–Crippen LogP) is 4.77. The van der Waals surface area contributed by atoms with Gasteiger partial charge in [-0.2, -0.15) is 10.1 Å². The Morgan fingerprint density at radius 1 is 1.03 bits per heavy atom. The molecule has 0 atom stereocenters. The standard InChI is InChI=1S/C27H31N5O3/c1-5-6-11-24-29-32(17-23(33)27(2,3)4)26(34)31(24)16-19-12-14-20(15-13-19)21-9-7-8-10-22(21)25-28-18-35-30-25/h7-10,12-15,18H,5-6,11,16-17H2,1-4H3. The van der Waals surface area contributed by atoms with Gasteiger partial charge in [0, 0.05) is 17.4 Å². The third kappa shape index (κ3) is 5.48. The van der Waals surface area contributed by atoms with Crippen LogP contribution in [0.1, 0.15) is 51.9 Å². The molecular formula is C27H31N5O3. The van der Waals surface area contributed by atoms with E-state index in [9.17, 15) is 9.59 Å². The van der Waals surface area contributed by atoms with Gasteiger partial charge in [0.2, 0.25) is 12.2 Å². The van der Waals surface area contributed by atoms with E-state index in [1.54, 1.807) is 4.57 Å². The summed E-state index contributed by atoms with van der Waals surface area (Å²) in [7, 11) is 0. The molecule has 0 bridgehead atoms. The highest BCUT2D eigenvalue weighted by molar-refractivity contribution is 5.83. The Morgan fingerprint density at radius 3 is 2.37 bits per heavy atom. The molecule has 8 nitrogen and oxygen atoms in total. The first-order valence-electron chi connectivity index (χ1n) is 11.9. The third-order valence-electron chi connectivity index (χ3n) is 6.02. The summed E-state index contributed by atoms with van der Waals surface area (Å²) in [5, 5.41) is 8.50. The highest BCUT2D eigenvalue weighted by atomic mass is 16.5. The zero-order valence-electron chi connectivity index (χ0n) is 20.7. The van der Waals surface area contributed by atoms with E-state index >= 15 is 0 Å². The molecule has 0 aliphatic rings. The Hall–Kier alpha value is -3.81. The number of unbranched alkanes of at least 4 members (excludes halogenated alkanes) is 1. The van der Waals surface area contributed by atoms with E-state index in [2.05, 4.69) is 22.2 Å². The number of aryl methyl sites for hydroxylation is 1. The van der Waals surface area contributed by atoms with Crippen molar-refractivity contribution in [1.29, 1.82) is 0 Å². The van der Waals surface area contributed by atoms with E-state index in [-0.39, 0.29) is 18.0 Å². The summed E-state index contributed by atoms with van der Waals surface area (Å²) in [6.07, 6.45) is 3.93. The van der Waals surface area contributed by atoms with Crippen LogP contribution in [-0.2, 0) is 24.3 Å². The third-order valence-corrected chi connectivity index (χ3v) is 6.02. The van der Waals surface area contributed by atoms with E-state index < -0.39 is 5.41 Å². The number of carbonyl (C=O) groups is 1. The van der Waals surface area contributed by atoms with Crippen LogP contribution in [0.3, 0.4) is 0 Å². The van der Waals surface area contributed by atoms with E-state index in [4.69, 9.17) is 4.52 Å². The van der Waals surface area contributed by atoms with Crippen LogP contribution in [0.2, 0.25) is 0 Å². The molecule has 0 aliphatic heterocycles. The summed E-state index contributed by atoms with van der Waals surface area (Å²) >= 11 is 0. The Morgan fingerprint density at radius 2 is 1.74 bits per heavy atom. The van der Waals surface area contributed by atoms with Crippen molar-refractivity contribution in [2.24, 2.45) is 5.41 Å². The number of benzene rings is 2. The fraction of sp³-hybridized carbons (Fsp3) is 0.370. The average Bonchev–Trinajstić information content (AvgIpc) is 3.47. The lowest BCUT2D eigenvalue weighted by Gasteiger charge is -2.15. The minimum atomic E-state index is -0.527. The SMILES string of the molecule is CCCCc1nn(CC(=O)C(C)(C)C)c(=O)n1Cc1ccc(-c2ccccc2-c2ncon2)cc1. The van der Waals surface area contributed by atoms with Crippen LogP contribution >= 0.6 is 0 Å². The van der Waals surface area contributed by atoms with Gasteiger partial charge in [-0.05, 0) is 23.1 Å². The molecule has 2 heterocycles. The van der Waals surface area contributed by atoms with Crippen LogP contribution in [0.15, 0.2) is 64.2 Å². The maximum Gasteiger partial charge on any atom is 0.346 e. The second-order valence-corrected chi connectivity index (χ2v) is 9.72. The minimum Gasteiger partial charge on any atom is -0.342 e. The van der Waals surface area contributed by atoms with Crippen molar-refractivity contribution in [3.8, 4) is 22.5 Å². The van der Waals surface area contributed by atoms with Crippen LogP contribution in [0.4, 0.5) is 0 Å². The van der Waals surface area contributed by atoms with Crippen LogP contribution in [-0.4, -0.2) is 30.3 Å². The van der Waals surface area contributed by atoms with Crippen LogP contribution in [0, 0.1) is 5.41 Å². The highest BCUT2D eigenvalue weighted by Gasteiger charge is 2.24. The van der Waals surface area contributed by atoms with E-state index in [1.165, 1.54) is 11.1 Å². The number of nitrogens with zero attached hydrogens (tertiary/aromatic N) is 5. The molecule has 2 aromatic carbocycles. The number of ketones is 1. The molecule has 0 fully saturated rings. The van der Waals surface area contributed by atoms with Gasteiger partial charge in [0.05, 0.1) is 6.54 Å². The van der Waals surface area contributed by atoms with Crippen LogP contribution in [0.5, 0.6) is 0 Å². The number of hydrogen-bond acceptors (Lipinski definition) is 6. The maximum absolute atomic E-state index is 13.2. The van der Waals surface area contributed by atoms with Crippen LogP contribution in [0.25, 0.3) is 22.5 Å².